The van der Waals surface area contributed by atoms with E-state index in [0.29, 0.717) is 12.6 Å². The molecule has 0 heterocycles. The number of nitrogens with one attached hydrogen (secondary N) is 3. The van der Waals surface area contributed by atoms with Crippen molar-refractivity contribution in [3.8, 4) is 0 Å². The summed E-state index contributed by atoms with van der Waals surface area (Å²) in [4.78, 5) is 22.6. The molecule has 0 aromatic heterocycles. The summed E-state index contributed by atoms with van der Waals surface area (Å²) in [6.45, 7) is 4.42. The predicted molar refractivity (Wildman–Crippen MR) is 57.3 cm³/mol. The Bertz CT molecular complexity index is 239. The Morgan fingerprint density at radius 1 is 1.40 bits per heavy atom. The molecule has 0 bridgehead atoms. The van der Waals surface area contributed by atoms with Crippen molar-refractivity contribution in [3.05, 3.63) is 0 Å². The van der Waals surface area contributed by atoms with Gasteiger partial charge in [0.2, 0.25) is 11.8 Å². The first-order chi connectivity index (χ1) is 7.13. The van der Waals surface area contributed by atoms with Crippen molar-refractivity contribution in [2.45, 2.75) is 38.8 Å². The van der Waals surface area contributed by atoms with E-state index < -0.39 is 0 Å². The molecule has 1 saturated carbocycles. The minimum atomic E-state index is -0.312. The smallest absolute Gasteiger partial charge is 0.237 e. The van der Waals surface area contributed by atoms with Gasteiger partial charge in [-0.3, -0.25) is 14.9 Å². The number of hydrogen-bond donors (Lipinski definition) is 3. The summed E-state index contributed by atoms with van der Waals surface area (Å²) in [5, 5.41) is 8.41. The Balaban J connectivity index is 2.13. The van der Waals surface area contributed by atoms with Gasteiger partial charge in [-0.2, -0.15) is 0 Å². The van der Waals surface area contributed by atoms with Gasteiger partial charge >= 0.3 is 0 Å². The number of carbonyl (C=O) groups excluding carboxylic acids is 2. The first-order valence-electron chi connectivity index (χ1n) is 5.44. The molecule has 5 nitrogen and oxygen atoms in total. The van der Waals surface area contributed by atoms with Crippen LogP contribution in [0.15, 0.2) is 0 Å². The van der Waals surface area contributed by atoms with Crippen LogP contribution in [0.4, 0.5) is 0 Å². The summed E-state index contributed by atoms with van der Waals surface area (Å²) in [6.07, 6.45) is 2.16. The van der Waals surface area contributed by atoms with E-state index in [2.05, 4.69) is 16.0 Å². The lowest BCUT2D eigenvalue weighted by Crippen LogP contribution is -2.46. The van der Waals surface area contributed by atoms with Gasteiger partial charge < -0.3 is 10.6 Å². The molecule has 0 aromatic carbocycles. The van der Waals surface area contributed by atoms with Crippen molar-refractivity contribution < 1.29 is 9.59 Å². The van der Waals surface area contributed by atoms with E-state index in [4.69, 9.17) is 0 Å². The summed E-state index contributed by atoms with van der Waals surface area (Å²) in [5.74, 6) is -0.106. The fourth-order valence-electron chi connectivity index (χ4n) is 1.15. The van der Waals surface area contributed by atoms with Crippen molar-refractivity contribution in [2.75, 3.05) is 13.1 Å². The zero-order chi connectivity index (χ0) is 11.3. The Morgan fingerprint density at radius 3 is 2.60 bits per heavy atom. The van der Waals surface area contributed by atoms with Crippen LogP contribution in [0.5, 0.6) is 0 Å². The molecular formula is C10H19N3O2. The van der Waals surface area contributed by atoms with E-state index in [1.807, 2.05) is 6.92 Å². The maximum absolute atomic E-state index is 11.5. The lowest BCUT2D eigenvalue weighted by Gasteiger charge is -2.13. The third-order valence-corrected chi connectivity index (χ3v) is 2.26. The highest BCUT2D eigenvalue weighted by molar-refractivity contribution is 5.83. The van der Waals surface area contributed by atoms with Crippen LogP contribution in [-0.4, -0.2) is 37.0 Å². The van der Waals surface area contributed by atoms with E-state index in [1.54, 1.807) is 6.92 Å². The first-order valence-corrected chi connectivity index (χ1v) is 5.44. The van der Waals surface area contributed by atoms with Crippen molar-refractivity contribution in [3.63, 3.8) is 0 Å². The summed E-state index contributed by atoms with van der Waals surface area (Å²) >= 11 is 0. The van der Waals surface area contributed by atoms with E-state index >= 15 is 0 Å². The van der Waals surface area contributed by atoms with Crippen LogP contribution < -0.4 is 16.0 Å². The highest BCUT2D eigenvalue weighted by atomic mass is 16.2. The van der Waals surface area contributed by atoms with Gasteiger partial charge in [-0.05, 0) is 26.7 Å². The van der Waals surface area contributed by atoms with Crippen LogP contribution in [0.3, 0.4) is 0 Å². The molecule has 0 radical (unpaired) electrons. The first kappa shape index (κ1) is 12.0. The Hall–Kier alpha value is -1.10. The molecule has 86 valence electrons. The van der Waals surface area contributed by atoms with Crippen LogP contribution in [0, 0.1) is 0 Å². The van der Waals surface area contributed by atoms with Crippen LogP contribution in [-0.2, 0) is 9.59 Å². The van der Waals surface area contributed by atoms with E-state index in [1.165, 1.54) is 0 Å². The highest BCUT2D eigenvalue weighted by Gasteiger charge is 2.25. The molecule has 0 aliphatic heterocycles. The molecule has 1 aliphatic rings. The fourth-order valence-corrected chi connectivity index (χ4v) is 1.15. The second-order valence-electron chi connectivity index (χ2n) is 3.84. The fraction of sp³-hybridized carbons (Fsp3) is 0.800. The van der Waals surface area contributed by atoms with Gasteiger partial charge in [0.15, 0.2) is 0 Å². The second-order valence-corrected chi connectivity index (χ2v) is 3.84. The molecule has 5 heteroatoms. The molecule has 1 fully saturated rings. The highest BCUT2D eigenvalue weighted by Crippen LogP contribution is 2.18. The lowest BCUT2D eigenvalue weighted by molar-refractivity contribution is -0.123. The molecule has 15 heavy (non-hydrogen) atoms. The molecule has 0 aromatic rings. The van der Waals surface area contributed by atoms with Crippen LogP contribution in [0.25, 0.3) is 0 Å². The predicted octanol–water partition coefficient (Wildman–Crippen LogP) is -0.621. The van der Waals surface area contributed by atoms with Crippen LogP contribution in [0.1, 0.15) is 26.7 Å². The summed E-state index contributed by atoms with van der Waals surface area (Å²) in [5.41, 5.74) is 0. The van der Waals surface area contributed by atoms with Gasteiger partial charge in [0.05, 0.1) is 12.6 Å². The van der Waals surface area contributed by atoms with Gasteiger partial charge in [-0.15, -0.1) is 0 Å². The molecule has 0 saturated heterocycles. The third kappa shape index (κ3) is 4.78. The van der Waals surface area contributed by atoms with Gasteiger partial charge in [-0.25, -0.2) is 0 Å². The average molecular weight is 213 g/mol. The van der Waals surface area contributed by atoms with E-state index in [-0.39, 0.29) is 24.4 Å². The Labute approximate surface area is 90.0 Å². The zero-order valence-electron chi connectivity index (χ0n) is 9.30. The van der Waals surface area contributed by atoms with Gasteiger partial charge in [0, 0.05) is 12.6 Å². The lowest BCUT2D eigenvalue weighted by atomic mass is 10.3. The molecule has 1 atom stereocenters. The zero-order valence-corrected chi connectivity index (χ0v) is 9.30. The number of likely N-dealkylation sites (N-methyl/N-ethyl adjacent to an activating group) is 1. The normalized spacial score (nSPS) is 16.9. The summed E-state index contributed by atoms with van der Waals surface area (Å²) in [6, 6.07) is 0.0550. The molecular weight excluding hydrogens is 194 g/mol. The van der Waals surface area contributed by atoms with Crippen molar-refractivity contribution in [1.82, 2.24) is 16.0 Å². The topological polar surface area (TPSA) is 70.2 Å². The van der Waals surface area contributed by atoms with E-state index in [0.717, 1.165) is 12.8 Å². The number of amides is 2. The summed E-state index contributed by atoms with van der Waals surface area (Å²) in [7, 11) is 0. The van der Waals surface area contributed by atoms with Gasteiger partial charge in [-0.1, -0.05) is 0 Å². The van der Waals surface area contributed by atoms with Crippen LogP contribution >= 0.6 is 0 Å². The number of carbonyl (C=O) groups is 2. The minimum Gasteiger partial charge on any atom is -0.355 e. The average Bonchev–Trinajstić information content (AvgIpc) is 2.98. The summed E-state index contributed by atoms with van der Waals surface area (Å²) < 4.78 is 0. The maximum Gasteiger partial charge on any atom is 0.237 e. The van der Waals surface area contributed by atoms with Crippen molar-refractivity contribution >= 4 is 11.8 Å². The quantitative estimate of drug-likeness (QED) is 0.550. The number of hydrogen-bond acceptors (Lipinski definition) is 3. The maximum atomic E-state index is 11.5. The van der Waals surface area contributed by atoms with Crippen molar-refractivity contribution in [2.24, 2.45) is 0 Å². The molecule has 1 rings (SSSR count). The minimum absolute atomic E-state index is 0.0261. The number of rotatable bonds is 6. The standard InChI is InChI=1S/C10H19N3O2/c1-3-11-9(14)6-12-7(2)10(15)13-8-4-5-8/h7-8,12H,3-6H2,1-2H3,(H,11,14)(H,13,15). The van der Waals surface area contributed by atoms with Crippen molar-refractivity contribution in [1.29, 1.82) is 0 Å². The molecule has 1 unspecified atom stereocenters. The monoisotopic (exact) mass is 213 g/mol. The van der Waals surface area contributed by atoms with Gasteiger partial charge in [0.25, 0.3) is 0 Å². The van der Waals surface area contributed by atoms with Gasteiger partial charge in [0.1, 0.15) is 0 Å². The molecule has 1 aliphatic carbocycles. The second kappa shape index (κ2) is 5.70. The Morgan fingerprint density at radius 2 is 2.07 bits per heavy atom. The third-order valence-electron chi connectivity index (χ3n) is 2.26. The largest absolute Gasteiger partial charge is 0.355 e. The van der Waals surface area contributed by atoms with E-state index in [9.17, 15) is 9.59 Å². The molecule has 0 spiro atoms. The SMILES string of the molecule is CCNC(=O)CNC(C)C(=O)NC1CC1. The Kier molecular flexibility index (Phi) is 4.55. The van der Waals surface area contributed by atoms with Crippen LogP contribution in [0.2, 0.25) is 0 Å². The molecule has 2 amide bonds. The molecule has 3 N–H and O–H groups in total.